The molecular weight excluding hydrogens is 463 g/mol. The molecule has 158 valence electrons. The maximum atomic E-state index is 12.7. The highest BCUT2D eigenvalue weighted by molar-refractivity contribution is 7.98. The molecular formula is C25H16Cl2N2O2S. The molecule has 0 bridgehead atoms. The molecule has 3 aromatic carbocycles. The minimum Gasteiger partial charge on any atom is -0.422 e. The zero-order chi connectivity index (χ0) is 22.1. The second-order valence-electron chi connectivity index (χ2n) is 7.12. The fourth-order valence-electron chi connectivity index (χ4n) is 3.38. The first-order chi connectivity index (χ1) is 15.6. The van der Waals surface area contributed by atoms with Gasteiger partial charge in [0.1, 0.15) is 5.58 Å². The Morgan fingerprint density at radius 2 is 1.69 bits per heavy atom. The van der Waals surface area contributed by atoms with Gasteiger partial charge in [0.25, 0.3) is 0 Å². The third-order valence-corrected chi connectivity index (χ3v) is 6.63. The highest BCUT2D eigenvalue weighted by Crippen LogP contribution is 2.31. The van der Waals surface area contributed by atoms with Crippen LogP contribution in [0.4, 0.5) is 0 Å². The van der Waals surface area contributed by atoms with Gasteiger partial charge in [-0.15, -0.1) is 0 Å². The molecule has 0 fully saturated rings. The van der Waals surface area contributed by atoms with Crippen molar-refractivity contribution in [3.8, 4) is 16.9 Å². The number of hydrogen-bond acceptors (Lipinski definition) is 4. The number of rotatable bonds is 5. The lowest BCUT2D eigenvalue weighted by Gasteiger charge is -2.08. The number of aromatic nitrogens is 2. The van der Waals surface area contributed by atoms with Crippen LogP contribution in [0.5, 0.6) is 0 Å². The topological polar surface area (TPSA) is 48.0 Å². The fourth-order valence-corrected chi connectivity index (χ4v) is 4.78. The smallest absolute Gasteiger partial charge is 0.345 e. The minimum absolute atomic E-state index is 0.413. The van der Waals surface area contributed by atoms with E-state index in [1.54, 1.807) is 17.8 Å². The van der Waals surface area contributed by atoms with Crippen molar-refractivity contribution in [1.29, 1.82) is 0 Å². The van der Waals surface area contributed by atoms with E-state index in [4.69, 9.17) is 32.6 Å². The number of benzene rings is 3. The molecule has 0 aliphatic rings. The van der Waals surface area contributed by atoms with Gasteiger partial charge in [-0.05, 0) is 48.0 Å². The van der Waals surface area contributed by atoms with Crippen molar-refractivity contribution in [1.82, 2.24) is 9.55 Å². The van der Waals surface area contributed by atoms with Crippen molar-refractivity contribution < 1.29 is 4.42 Å². The Morgan fingerprint density at radius 1 is 0.938 bits per heavy atom. The molecule has 0 N–H and O–H groups in total. The van der Waals surface area contributed by atoms with Crippen molar-refractivity contribution in [2.24, 2.45) is 0 Å². The molecule has 0 saturated heterocycles. The average molecular weight is 479 g/mol. The lowest BCUT2D eigenvalue weighted by atomic mass is 10.1. The van der Waals surface area contributed by atoms with Crippen LogP contribution in [0.3, 0.4) is 0 Å². The molecule has 0 aliphatic heterocycles. The zero-order valence-electron chi connectivity index (χ0n) is 16.7. The van der Waals surface area contributed by atoms with Crippen molar-refractivity contribution >= 4 is 45.9 Å². The summed E-state index contributed by atoms with van der Waals surface area (Å²) < 4.78 is 7.46. The van der Waals surface area contributed by atoms with Gasteiger partial charge in [-0.1, -0.05) is 71.4 Å². The molecule has 32 heavy (non-hydrogen) atoms. The van der Waals surface area contributed by atoms with E-state index in [1.807, 2.05) is 83.6 Å². The normalized spacial score (nSPS) is 11.2. The highest BCUT2D eigenvalue weighted by atomic mass is 35.5. The number of halogens is 2. The molecule has 0 atom stereocenters. The van der Waals surface area contributed by atoms with E-state index in [1.165, 1.54) is 0 Å². The van der Waals surface area contributed by atoms with E-state index in [9.17, 15) is 4.79 Å². The van der Waals surface area contributed by atoms with Gasteiger partial charge >= 0.3 is 5.63 Å². The van der Waals surface area contributed by atoms with Crippen LogP contribution in [0.15, 0.2) is 99.4 Å². The number of imidazole rings is 1. The minimum atomic E-state index is -0.424. The average Bonchev–Trinajstić information content (AvgIpc) is 3.22. The van der Waals surface area contributed by atoms with Crippen molar-refractivity contribution in [3.05, 3.63) is 111 Å². The SMILES string of the molecule is O=c1oc2ccccc2cc1-c1cn(-c2ccc(Cl)cc2)c(SCc2ccccc2Cl)n1. The van der Waals surface area contributed by atoms with Crippen LogP contribution in [-0.2, 0) is 5.75 Å². The van der Waals surface area contributed by atoms with Gasteiger partial charge < -0.3 is 4.42 Å². The number of thioether (sulfide) groups is 1. The molecule has 2 aromatic heterocycles. The monoisotopic (exact) mass is 478 g/mol. The van der Waals surface area contributed by atoms with Crippen LogP contribution in [0.2, 0.25) is 10.0 Å². The molecule has 7 heteroatoms. The van der Waals surface area contributed by atoms with E-state index in [0.29, 0.717) is 32.6 Å². The van der Waals surface area contributed by atoms with Gasteiger partial charge in [-0.25, -0.2) is 9.78 Å². The lowest BCUT2D eigenvalue weighted by molar-refractivity contribution is 0.563. The molecule has 2 heterocycles. The van der Waals surface area contributed by atoms with E-state index < -0.39 is 5.63 Å². The Hall–Kier alpha value is -2.99. The summed E-state index contributed by atoms with van der Waals surface area (Å²) in [5, 5.41) is 2.93. The highest BCUT2D eigenvalue weighted by Gasteiger charge is 2.16. The number of para-hydroxylation sites is 1. The Kier molecular flexibility index (Phi) is 5.79. The molecule has 0 radical (unpaired) electrons. The first-order valence-corrected chi connectivity index (χ1v) is 11.6. The molecule has 0 aliphatic carbocycles. The third kappa shape index (κ3) is 4.19. The van der Waals surface area contributed by atoms with Crippen LogP contribution in [0.25, 0.3) is 27.9 Å². The Labute approximate surface area is 198 Å². The van der Waals surface area contributed by atoms with Crippen LogP contribution < -0.4 is 5.63 Å². The Bertz CT molecular complexity index is 1480. The first kappa shape index (κ1) is 20.9. The first-order valence-electron chi connectivity index (χ1n) is 9.83. The predicted octanol–water partition coefficient (Wildman–Crippen LogP) is 7.24. The Balaban J connectivity index is 1.59. The van der Waals surface area contributed by atoms with Crippen LogP contribution in [0, 0.1) is 0 Å². The second-order valence-corrected chi connectivity index (χ2v) is 8.91. The standard InChI is InChI=1S/C25H16Cl2N2O2S/c26-18-9-11-19(12-10-18)29-14-22(20-13-16-5-2-4-8-23(16)31-24(20)30)28-25(29)32-15-17-6-1-3-7-21(17)27/h1-14H,15H2. The van der Waals surface area contributed by atoms with Crippen LogP contribution in [0.1, 0.15) is 5.56 Å². The molecule has 0 saturated carbocycles. The van der Waals surface area contributed by atoms with Crippen molar-refractivity contribution in [2.45, 2.75) is 10.9 Å². The summed E-state index contributed by atoms with van der Waals surface area (Å²) in [5.74, 6) is 0.635. The van der Waals surface area contributed by atoms with Crippen LogP contribution >= 0.6 is 35.0 Å². The van der Waals surface area contributed by atoms with Crippen LogP contribution in [-0.4, -0.2) is 9.55 Å². The number of fused-ring (bicyclic) bond motifs is 1. The van der Waals surface area contributed by atoms with E-state index in [0.717, 1.165) is 21.8 Å². The number of hydrogen-bond donors (Lipinski definition) is 0. The van der Waals surface area contributed by atoms with Crippen molar-refractivity contribution in [3.63, 3.8) is 0 Å². The maximum Gasteiger partial charge on any atom is 0.345 e. The molecule has 0 spiro atoms. The van der Waals surface area contributed by atoms with E-state index in [2.05, 4.69) is 0 Å². The summed E-state index contributed by atoms with van der Waals surface area (Å²) in [6.45, 7) is 0. The van der Waals surface area contributed by atoms with Gasteiger partial charge in [0, 0.05) is 33.1 Å². The lowest BCUT2D eigenvalue weighted by Crippen LogP contribution is -2.02. The molecule has 0 amide bonds. The van der Waals surface area contributed by atoms with E-state index >= 15 is 0 Å². The summed E-state index contributed by atoms with van der Waals surface area (Å²) >= 11 is 13.9. The van der Waals surface area contributed by atoms with Gasteiger partial charge in [0.05, 0.1) is 11.3 Å². The largest absolute Gasteiger partial charge is 0.422 e. The van der Waals surface area contributed by atoms with Gasteiger partial charge in [-0.2, -0.15) is 0 Å². The summed E-state index contributed by atoms with van der Waals surface area (Å²) in [5.41, 5.74) is 2.98. The van der Waals surface area contributed by atoms with Crippen molar-refractivity contribution in [2.75, 3.05) is 0 Å². The quantitative estimate of drug-likeness (QED) is 0.197. The van der Waals surface area contributed by atoms with E-state index in [-0.39, 0.29) is 0 Å². The van der Waals surface area contributed by atoms with Gasteiger partial charge in [0.15, 0.2) is 5.16 Å². The molecule has 4 nitrogen and oxygen atoms in total. The van der Waals surface area contributed by atoms with Gasteiger partial charge in [0.2, 0.25) is 0 Å². The van der Waals surface area contributed by atoms with Gasteiger partial charge in [-0.3, -0.25) is 4.57 Å². The predicted molar refractivity (Wildman–Crippen MR) is 131 cm³/mol. The maximum absolute atomic E-state index is 12.7. The summed E-state index contributed by atoms with van der Waals surface area (Å²) in [6, 6.07) is 24.4. The molecule has 0 unspecified atom stereocenters. The summed E-state index contributed by atoms with van der Waals surface area (Å²) in [4.78, 5) is 17.5. The molecule has 5 aromatic rings. The second kappa shape index (κ2) is 8.87. The Morgan fingerprint density at radius 3 is 2.50 bits per heavy atom. The third-order valence-electron chi connectivity index (χ3n) is 5.01. The zero-order valence-corrected chi connectivity index (χ0v) is 19.0. The number of nitrogens with zero attached hydrogens (tertiary/aromatic N) is 2. The summed E-state index contributed by atoms with van der Waals surface area (Å²) in [6.07, 6.45) is 1.85. The fraction of sp³-hybridized carbons (Fsp3) is 0.0400. The summed E-state index contributed by atoms with van der Waals surface area (Å²) in [7, 11) is 0. The molecule has 5 rings (SSSR count).